The first kappa shape index (κ1) is 23.2. The molecule has 0 aromatic heterocycles. The Bertz CT molecular complexity index is 964. The molecule has 2 fully saturated rings. The number of ether oxygens (including phenoxy) is 2. The standard InChI is InChI=1S/C25H29FN4O3/c26-21-3-1-4-22(11-21)32-10-2-9-29-14-23-16-30(17-24(15-29)33-23)18-25(31)28-13-20-7-5-19(12-27)6-8-20/h1,3-8,11,23-24H,2,9-10,13-18H2,(H,28,31). The lowest BCUT2D eigenvalue weighted by atomic mass is 10.1. The second kappa shape index (κ2) is 11.2. The third kappa shape index (κ3) is 6.99. The second-order valence-electron chi connectivity index (χ2n) is 8.58. The lowest BCUT2D eigenvalue weighted by Gasteiger charge is -2.45. The normalized spacial score (nSPS) is 20.7. The van der Waals surface area contributed by atoms with Gasteiger partial charge in [0.1, 0.15) is 11.6 Å². The van der Waals surface area contributed by atoms with E-state index in [9.17, 15) is 9.18 Å². The van der Waals surface area contributed by atoms with Crippen LogP contribution in [0.1, 0.15) is 17.5 Å². The van der Waals surface area contributed by atoms with E-state index >= 15 is 0 Å². The molecule has 2 atom stereocenters. The van der Waals surface area contributed by atoms with Crippen LogP contribution >= 0.6 is 0 Å². The molecule has 174 valence electrons. The van der Waals surface area contributed by atoms with Gasteiger partial charge in [0.2, 0.25) is 5.91 Å². The number of carbonyl (C=O) groups excluding carboxylic acids is 1. The summed E-state index contributed by atoms with van der Waals surface area (Å²) in [5.74, 6) is 0.258. The van der Waals surface area contributed by atoms with Gasteiger partial charge >= 0.3 is 0 Å². The van der Waals surface area contributed by atoms with Crippen molar-refractivity contribution in [3.05, 3.63) is 65.5 Å². The van der Waals surface area contributed by atoms with Crippen LogP contribution in [0.4, 0.5) is 4.39 Å². The van der Waals surface area contributed by atoms with E-state index < -0.39 is 0 Å². The number of rotatable bonds is 9. The summed E-state index contributed by atoms with van der Waals surface area (Å²) in [5, 5.41) is 11.8. The molecule has 8 heteroatoms. The van der Waals surface area contributed by atoms with Gasteiger partial charge in [-0.3, -0.25) is 14.6 Å². The summed E-state index contributed by atoms with van der Waals surface area (Å²) in [6.07, 6.45) is 1.04. The minimum absolute atomic E-state index is 0.00862. The van der Waals surface area contributed by atoms with Gasteiger partial charge in [-0.25, -0.2) is 4.39 Å². The smallest absolute Gasteiger partial charge is 0.234 e. The Balaban J connectivity index is 1.14. The van der Waals surface area contributed by atoms with Gasteiger partial charge in [-0.05, 0) is 36.2 Å². The Morgan fingerprint density at radius 3 is 2.55 bits per heavy atom. The van der Waals surface area contributed by atoms with Gasteiger partial charge in [0.25, 0.3) is 0 Å². The third-order valence-electron chi connectivity index (χ3n) is 5.86. The van der Waals surface area contributed by atoms with E-state index in [0.29, 0.717) is 31.0 Å². The Labute approximate surface area is 193 Å². The van der Waals surface area contributed by atoms with Crippen molar-refractivity contribution >= 4 is 5.91 Å². The van der Waals surface area contributed by atoms with Gasteiger partial charge < -0.3 is 14.8 Å². The molecule has 33 heavy (non-hydrogen) atoms. The molecule has 4 rings (SSSR count). The van der Waals surface area contributed by atoms with Crippen LogP contribution in [0.2, 0.25) is 0 Å². The molecule has 0 saturated carbocycles. The highest BCUT2D eigenvalue weighted by atomic mass is 19.1. The monoisotopic (exact) mass is 452 g/mol. The van der Waals surface area contributed by atoms with Crippen molar-refractivity contribution in [2.24, 2.45) is 0 Å². The number of carbonyl (C=O) groups is 1. The zero-order chi connectivity index (χ0) is 23.0. The summed E-state index contributed by atoms with van der Waals surface area (Å²) < 4.78 is 24.9. The van der Waals surface area contributed by atoms with Crippen LogP contribution in [-0.2, 0) is 16.1 Å². The number of nitriles is 1. The van der Waals surface area contributed by atoms with E-state index in [1.165, 1.54) is 12.1 Å². The number of halogens is 1. The highest BCUT2D eigenvalue weighted by Crippen LogP contribution is 2.19. The summed E-state index contributed by atoms with van der Waals surface area (Å²) in [4.78, 5) is 17.0. The van der Waals surface area contributed by atoms with Gasteiger partial charge in [-0.2, -0.15) is 5.26 Å². The number of nitrogens with one attached hydrogen (secondary N) is 1. The molecule has 7 nitrogen and oxygen atoms in total. The van der Waals surface area contributed by atoms with Crippen LogP contribution in [-0.4, -0.2) is 73.8 Å². The molecule has 1 N–H and O–H groups in total. The summed E-state index contributed by atoms with van der Waals surface area (Å²) >= 11 is 0. The molecule has 0 aliphatic carbocycles. The molecule has 2 aliphatic heterocycles. The highest BCUT2D eigenvalue weighted by Gasteiger charge is 2.35. The first-order valence-corrected chi connectivity index (χ1v) is 11.3. The van der Waals surface area contributed by atoms with Crippen LogP contribution in [0, 0.1) is 17.1 Å². The fourth-order valence-electron chi connectivity index (χ4n) is 4.36. The second-order valence-corrected chi connectivity index (χ2v) is 8.58. The molecule has 2 aromatic carbocycles. The van der Waals surface area contributed by atoms with E-state index in [1.807, 2.05) is 12.1 Å². The summed E-state index contributed by atoms with van der Waals surface area (Å²) in [7, 11) is 0. The number of fused-ring (bicyclic) bond motifs is 2. The van der Waals surface area contributed by atoms with Crippen LogP contribution in [0.15, 0.2) is 48.5 Å². The molecular formula is C25H29FN4O3. The van der Waals surface area contributed by atoms with Gasteiger partial charge in [-0.1, -0.05) is 18.2 Å². The average Bonchev–Trinajstić information content (AvgIpc) is 2.80. The Hall–Kier alpha value is -2.99. The van der Waals surface area contributed by atoms with Gasteiger partial charge in [0.05, 0.1) is 37.0 Å². The average molecular weight is 453 g/mol. The van der Waals surface area contributed by atoms with E-state index in [1.54, 1.807) is 24.3 Å². The van der Waals surface area contributed by atoms with Crippen molar-refractivity contribution in [2.45, 2.75) is 25.2 Å². The van der Waals surface area contributed by atoms with E-state index in [-0.39, 0.29) is 23.9 Å². The molecule has 2 bridgehead atoms. The Morgan fingerprint density at radius 1 is 1.12 bits per heavy atom. The fourth-order valence-corrected chi connectivity index (χ4v) is 4.36. The van der Waals surface area contributed by atoms with E-state index in [4.69, 9.17) is 14.7 Å². The predicted octanol–water partition coefficient (Wildman–Crippen LogP) is 2.17. The molecule has 2 heterocycles. The predicted molar refractivity (Wildman–Crippen MR) is 121 cm³/mol. The number of hydrogen-bond acceptors (Lipinski definition) is 6. The summed E-state index contributed by atoms with van der Waals surface area (Å²) in [6, 6.07) is 15.5. The first-order valence-electron chi connectivity index (χ1n) is 11.3. The number of hydrogen-bond donors (Lipinski definition) is 1. The van der Waals surface area contributed by atoms with Crippen LogP contribution in [0.5, 0.6) is 5.75 Å². The van der Waals surface area contributed by atoms with Crippen molar-refractivity contribution in [1.29, 1.82) is 5.26 Å². The quantitative estimate of drug-likeness (QED) is 0.588. The minimum Gasteiger partial charge on any atom is -0.493 e. The van der Waals surface area contributed by atoms with E-state index in [0.717, 1.165) is 44.7 Å². The zero-order valence-electron chi connectivity index (χ0n) is 18.6. The molecule has 2 aromatic rings. The number of benzene rings is 2. The third-order valence-corrected chi connectivity index (χ3v) is 5.86. The largest absolute Gasteiger partial charge is 0.493 e. The molecule has 0 radical (unpaired) electrons. The van der Waals surface area contributed by atoms with Crippen LogP contribution in [0.25, 0.3) is 0 Å². The minimum atomic E-state index is -0.291. The molecule has 2 aliphatic rings. The molecule has 0 spiro atoms. The highest BCUT2D eigenvalue weighted by molar-refractivity contribution is 5.78. The lowest BCUT2D eigenvalue weighted by molar-refractivity contribution is -0.145. The summed E-state index contributed by atoms with van der Waals surface area (Å²) in [6.45, 7) is 5.38. The maximum atomic E-state index is 13.2. The van der Waals surface area contributed by atoms with Crippen molar-refractivity contribution < 1.29 is 18.7 Å². The fraction of sp³-hybridized carbons (Fsp3) is 0.440. The maximum Gasteiger partial charge on any atom is 0.234 e. The topological polar surface area (TPSA) is 77.8 Å². The van der Waals surface area contributed by atoms with Gasteiger partial charge in [-0.15, -0.1) is 0 Å². The van der Waals surface area contributed by atoms with E-state index in [2.05, 4.69) is 21.2 Å². The van der Waals surface area contributed by atoms with Crippen molar-refractivity contribution in [3.63, 3.8) is 0 Å². The number of amides is 1. The van der Waals surface area contributed by atoms with Gasteiger partial charge in [0.15, 0.2) is 0 Å². The summed E-state index contributed by atoms with van der Waals surface area (Å²) in [5.41, 5.74) is 1.58. The number of nitrogens with zero attached hydrogens (tertiary/aromatic N) is 3. The lowest BCUT2D eigenvalue weighted by Crippen LogP contribution is -2.60. The Morgan fingerprint density at radius 2 is 1.85 bits per heavy atom. The SMILES string of the molecule is N#Cc1ccc(CNC(=O)CN2CC3CN(CCCOc4cccc(F)c4)CC(C2)O3)cc1. The van der Waals surface area contributed by atoms with Crippen LogP contribution in [0.3, 0.4) is 0 Å². The molecular weight excluding hydrogens is 423 g/mol. The van der Waals surface area contributed by atoms with Crippen molar-refractivity contribution in [3.8, 4) is 11.8 Å². The number of morpholine rings is 2. The maximum absolute atomic E-state index is 13.2. The molecule has 2 saturated heterocycles. The van der Waals surface area contributed by atoms with Crippen molar-refractivity contribution in [2.75, 3.05) is 45.9 Å². The first-order chi connectivity index (χ1) is 16.1. The van der Waals surface area contributed by atoms with Crippen LogP contribution < -0.4 is 10.1 Å². The van der Waals surface area contributed by atoms with Crippen molar-refractivity contribution in [1.82, 2.24) is 15.1 Å². The zero-order valence-corrected chi connectivity index (χ0v) is 18.6. The Kier molecular flexibility index (Phi) is 7.89. The van der Waals surface area contributed by atoms with Gasteiger partial charge in [0, 0.05) is 45.3 Å². The molecule has 2 unspecified atom stereocenters. The molecule has 1 amide bonds.